The molecule has 0 saturated heterocycles. The highest BCUT2D eigenvalue weighted by Gasteiger charge is 2.20. The number of aromatic nitrogens is 1. The van der Waals surface area contributed by atoms with Crippen molar-refractivity contribution in [1.29, 1.82) is 0 Å². The molecular weight excluding hydrogens is 328 g/mol. The number of carbonyl (C=O) groups excluding carboxylic acids is 1. The van der Waals surface area contributed by atoms with Crippen molar-refractivity contribution in [2.24, 2.45) is 0 Å². The van der Waals surface area contributed by atoms with Gasteiger partial charge in [-0.05, 0) is 11.6 Å². The Hall–Kier alpha value is -2.97. The maximum absolute atomic E-state index is 11.6. The lowest BCUT2D eigenvalue weighted by atomic mass is 10.1. The van der Waals surface area contributed by atoms with Gasteiger partial charge in [-0.1, -0.05) is 36.4 Å². The third kappa shape index (κ3) is 5.55. The average molecular weight is 346 g/mol. The van der Waals surface area contributed by atoms with Gasteiger partial charge in [0.25, 0.3) is 0 Å². The van der Waals surface area contributed by atoms with E-state index in [1.165, 1.54) is 12.1 Å². The lowest BCUT2D eigenvalue weighted by molar-refractivity contribution is 0.0182. The summed E-state index contributed by atoms with van der Waals surface area (Å²) in [4.78, 5) is 26.0. The molecule has 8 nitrogen and oxygen atoms in total. The molecule has 1 aromatic heterocycles. The van der Waals surface area contributed by atoms with Crippen molar-refractivity contribution < 1.29 is 29.6 Å². The lowest BCUT2D eigenvalue weighted by Gasteiger charge is -2.18. The Bertz CT molecular complexity index is 705. The zero-order valence-electron chi connectivity index (χ0n) is 13.2. The van der Waals surface area contributed by atoms with Crippen molar-refractivity contribution in [2.75, 3.05) is 6.54 Å². The summed E-state index contributed by atoms with van der Waals surface area (Å²) in [6.07, 6.45) is -2.20. The van der Waals surface area contributed by atoms with Crippen molar-refractivity contribution in [3.8, 4) is 0 Å². The molecule has 0 saturated carbocycles. The number of pyridine rings is 1. The van der Waals surface area contributed by atoms with Gasteiger partial charge in [-0.25, -0.2) is 14.6 Å². The number of ether oxygens (including phenoxy) is 1. The molecule has 132 valence electrons. The van der Waals surface area contributed by atoms with Crippen molar-refractivity contribution >= 4 is 12.1 Å². The van der Waals surface area contributed by atoms with E-state index in [0.717, 1.165) is 11.8 Å². The first-order valence-corrected chi connectivity index (χ1v) is 7.47. The third-order valence-corrected chi connectivity index (χ3v) is 3.38. The van der Waals surface area contributed by atoms with Gasteiger partial charge >= 0.3 is 12.1 Å². The Labute approximate surface area is 143 Å². The molecule has 0 bridgehead atoms. The summed E-state index contributed by atoms with van der Waals surface area (Å²) in [5.74, 6) is -1.19. The first kappa shape index (κ1) is 18.4. The van der Waals surface area contributed by atoms with Gasteiger partial charge < -0.3 is 25.4 Å². The van der Waals surface area contributed by atoms with Crippen LogP contribution in [0, 0.1) is 0 Å². The van der Waals surface area contributed by atoms with Crippen LogP contribution in [0.4, 0.5) is 4.79 Å². The fourth-order valence-corrected chi connectivity index (χ4v) is 2.00. The summed E-state index contributed by atoms with van der Waals surface area (Å²) in [5, 5.41) is 31.0. The highest BCUT2D eigenvalue weighted by atomic mass is 16.5. The molecule has 0 aliphatic heterocycles. The number of aromatic carboxylic acids is 1. The highest BCUT2D eigenvalue weighted by molar-refractivity contribution is 5.85. The molecule has 1 heterocycles. The Morgan fingerprint density at radius 3 is 2.44 bits per heavy atom. The molecule has 2 aromatic rings. The molecule has 25 heavy (non-hydrogen) atoms. The summed E-state index contributed by atoms with van der Waals surface area (Å²) >= 11 is 0. The average Bonchev–Trinajstić information content (AvgIpc) is 2.64. The minimum atomic E-state index is -1.33. The monoisotopic (exact) mass is 346 g/mol. The van der Waals surface area contributed by atoms with E-state index in [2.05, 4.69) is 10.3 Å². The number of hydrogen-bond acceptors (Lipinski definition) is 6. The Balaban J connectivity index is 1.79. The van der Waals surface area contributed by atoms with Crippen LogP contribution < -0.4 is 5.32 Å². The molecule has 1 amide bonds. The maximum Gasteiger partial charge on any atom is 0.407 e. The van der Waals surface area contributed by atoms with Crippen LogP contribution in [0.2, 0.25) is 0 Å². The highest BCUT2D eigenvalue weighted by Crippen LogP contribution is 2.16. The molecule has 0 radical (unpaired) electrons. The molecule has 0 fully saturated rings. The fourth-order valence-electron chi connectivity index (χ4n) is 2.00. The Kier molecular flexibility index (Phi) is 6.44. The second kappa shape index (κ2) is 8.76. The molecule has 0 aliphatic rings. The van der Waals surface area contributed by atoms with Gasteiger partial charge in [0.05, 0.1) is 0 Å². The minimum absolute atomic E-state index is 0.0892. The van der Waals surface area contributed by atoms with E-state index >= 15 is 0 Å². The molecule has 2 atom stereocenters. The summed E-state index contributed by atoms with van der Waals surface area (Å²) < 4.78 is 4.99. The van der Waals surface area contributed by atoms with E-state index in [9.17, 15) is 19.8 Å². The van der Waals surface area contributed by atoms with Gasteiger partial charge in [0.1, 0.15) is 24.5 Å². The second-order valence-electron chi connectivity index (χ2n) is 5.24. The van der Waals surface area contributed by atoms with Gasteiger partial charge in [-0.2, -0.15) is 0 Å². The number of alkyl carbamates (subject to hydrolysis) is 1. The normalized spacial score (nSPS) is 12.9. The molecular formula is C17H18N2O6. The largest absolute Gasteiger partial charge is 0.477 e. The molecule has 8 heteroatoms. The van der Waals surface area contributed by atoms with Crippen molar-refractivity contribution in [1.82, 2.24) is 10.3 Å². The summed E-state index contributed by atoms with van der Waals surface area (Å²) in [7, 11) is 0. The van der Waals surface area contributed by atoms with Crippen LogP contribution in [0.5, 0.6) is 0 Å². The van der Waals surface area contributed by atoms with E-state index in [1.807, 2.05) is 18.2 Å². The number of carboxylic acids is 1. The topological polar surface area (TPSA) is 129 Å². The maximum atomic E-state index is 11.6. The minimum Gasteiger partial charge on any atom is -0.477 e. The number of carbonyl (C=O) groups is 2. The van der Waals surface area contributed by atoms with Crippen LogP contribution in [0.25, 0.3) is 0 Å². The molecule has 2 rings (SSSR count). The van der Waals surface area contributed by atoms with Gasteiger partial charge in [0, 0.05) is 18.3 Å². The third-order valence-electron chi connectivity index (χ3n) is 3.38. The van der Waals surface area contributed by atoms with E-state index in [4.69, 9.17) is 9.84 Å². The van der Waals surface area contributed by atoms with Crippen LogP contribution in [0.1, 0.15) is 27.7 Å². The second-order valence-corrected chi connectivity index (χ2v) is 5.24. The van der Waals surface area contributed by atoms with Crippen LogP contribution in [-0.4, -0.2) is 45.0 Å². The molecule has 2 unspecified atom stereocenters. The number of nitrogens with one attached hydrogen (secondary N) is 1. The van der Waals surface area contributed by atoms with Gasteiger partial charge in [-0.15, -0.1) is 0 Å². The number of benzene rings is 1. The number of aliphatic hydroxyl groups is 2. The van der Waals surface area contributed by atoms with E-state index in [1.54, 1.807) is 12.1 Å². The summed E-state index contributed by atoms with van der Waals surface area (Å²) in [6.45, 7) is -0.151. The molecule has 0 spiro atoms. The molecule has 0 aliphatic carbocycles. The Morgan fingerprint density at radius 1 is 1.12 bits per heavy atom. The van der Waals surface area contributed by atoms with Gasteiger partial charge in [0.2, 0.25) is 0 Å². The predicted octanol–water partition coefficient (Wildman–Crippen LogP) is 1.10. The number of carboxylic acid groups (broad SMARTS) is 1. The number of amides is 1. The molecule has 1 aromatic carbocycles. The zero-order valence-corrected chi connectivity index (χ0v) is 13.2. The molecule has 4 N–H and O–H groups in total. The quantitative estimate of drug-likeness (QED) is 0.591. The van der Waals surface area contributed by atoms with Crippen molar-refractivity contribution in [2.45, 2.75) is 18.8 Å². The lowest BCUT2D eigenvalue weighted by Crippen LogP contribution is -2.35. The number of rotatable bonds is 7. The summed E-state index contributed by atoms with van der Waals surface area (Å²) in [5.41, 5.74) is 0.882. The van der Waals surface area contributed by atoms with Gasteiger partial charge in [-0.3, -0.25) is 0 Å². The van der Waals surface area contributed by atoms with Crippen LogP contribution in [-0.2, 0) is 11.3 Å². The fraction of sp³-hybridized carbons (Fsp3) is 0.235. The number of hydrogen-bond donors (Lipinski definition) is 4. The predicted molar refractivity (Wildman–Crippen MR) is 86.8 cm³/mol. The first-order valence-electron chi connectivity index (χ1n) is 7.47. The SMILES string of the molecule is O=C(NCC(O)C(O)c1ccc(C(=O)O)nc1)OCc1ccccc1. The summed E-state index contributed by atoms with van der Waals surface area (Å²) in [6, 6.07) is 11.7. The smallest absolute Gasteiger partial charge is 0.407 e. The van der Waals surface area contributed by atoms with Crippen molar-refractivity contribution in [3.05, 3.63) is 65.5 Å². The van der Waals surface area contributed by atoms with Crippen LogP contribution >= 0.6 is 0 Å². The Morgan fingerprint density at radius 2 is 1.84 bits per heavy atom. The van der Waals surface area contributed by atoms with E-state index < -0.39 is 24.3 Å². The van der Waals surface area contributed by atoms with Crippen molar-refractivity contribution in [3.63, 3.8) is 0 Å². The van der Waals surface area contributed by atoms with E-state index in [-0.39, 0.29) is 24.4 Å². The van der Waals surface area contributed by atoms with Crippen LogP contribution in [0.3, 0.4) is 0 Å². The number of aliphatic hydroxyl groups excluding tert-OH is 2. The number of nitrogens with zero attached hydrogens (tertiary/aromatic N) is 1. The van der Waals surface area contributed by atoms with Gasteiger partial charge in [0.15, 0.2) is 0 Å². The first-order chi connectivity index (χ1) is 12.0. The van der Waals surface area contributed by atoms with Crippen LogP contribution in [0.15, 0.2) is 48.7 Å². The standard InChI is InChI=1S/C17H18N2O6/c20-14(15(21)12-6-7-13(16(22)23)18-8-12)9-19-17(24)25-10-11-4-2-1-3-5-11/h1-8,14-15,20-21H,9-10H2,(H,19,24)(H,22,23). The van der Waals surface area contributed by atoms with E-state index in [0.29, 0.717) is 0 Å². The zero-order chi connectivity index (χ0) is 18.2.